The molecule has 0 aromatic carbocycles. The fourth-order valence-corrected chi connectivity index (χ4v) is 4.19. The van der Waals surface area contributed by atoms with Gasteiger partial charge in [0.15, 0.2) is 0 Å². The summed E-state index contributed by atoms with van der Waals surface area (Å²) in [6, 6.07) is 0. The molecule has 1 saturated heterocycles. The van der Waals surface area contributed by atoms with Crippen molar-refractivity contribution in [3.8, 4) is 0 Å². The van der Waals surface area contributed by atoms with E-state index >= 15 is 0 Å². The van der Waals surface area contributed by atoms with Crippen molar-refractivity contribution in [2.75, 3.05) is 24.7 Å². The van der Waals surface area contributed by atoms with Gasteiger partial charge in [-0.05, 0) is 24.2 Å². The van der Waals surface area contributed by atoms with Crippen LogP contribution in [-0.4, -0.2) is 37.4 Å². The third kappa shape index (κ3) is 4.11. The fraction of sp³-hybridized carbons (Fsp3) is 1.00. The number of hydrogen-bond acceptors (Lipinski definition) is 2. The molecule has 1 rings (SSSR count). The van der Waals surface area contributed by atoms with Gasteiger partial charge in [0.25, 0.3) is 0 Å². The molecule has 1 fully saturated rings. The Kier molecular flexibility index (Phi) is 5.29. The van der Waals surface area contributed by atoms with Gasteiger partial charge in [-0.1, -0.05) is 27.2 Å². The number of rotatable bonds is 5. The first kappa shape index (κ1) is 15.3. The Hall–Kier alpha value is 0.200. The summed E-state index contributed by atoms with van der Waals surface area (Å²) in [6.45, 7) is 7.64. The van der Waals surface area contributed by atoms with Crippen molar-refractivity contribution in [3.63, 3.8) is 0 Å². The van der Waals surface area contributed by atoms with E-state index in [1.54, 1.807) is 4.31 Å². The summed E-state index contributed by atoms with van der Waals surface area (Å²) in [5, 5.41) is 0. The normalized spacial score (nSPS) is 23.5. The van der Waals surface area contributed by atoms with Crippen LogP contribution in [0.3, 0.4) is 0 Å². The second-order valence-corrected chi connectivity index (χ2v) is 7.92. The first-order valence-electron chi connectivity index (χ1n) is 6.37. The van der Waals surface area contributed by atoms with Crippen LogP contribution in [0.1, 0.15) is 40.0 Å². The number of halogens is 1. The molecule has 5 heteroatoms. The molecule has 0 saturated carbocycles. The van der Waals surface area contributed by atoms with E-state index < -0.39 is 10.0 Å². The molecule has 0 radical (unpaired) electrons. The van der Waals surface area contributed by atoms with Crippen LogP contribution in [0.25, 0.3) is 0 Å². The zero-order chi connectivity index (χ0) is 13.1. The summed E-state index contributed by atoms with van der Waals surface area (Å²) >= 11 is 5.68. The highest BCUT2D eigenvalue weighted by molar-refractivity contribution is 7.89. The van der Waals surface area contributed by atoms with Crippen LogP contribution in [-0.2, 0) is 10.0 Å². The van der Waals surface area contributed by atoms with Crippen molar-refractivity contribution in [2.24, 2.45) is 11.3 Å². The SMILES string of the molecule is CCC1(C)CCN(S(=O)(=O)CC(C)CCl)CC1. The van der Waals surface area contributed by atoms with Crippen molar-refractivity contribution in [3.05, 3.63) is 0 Å². The summed E-state index contributed by atoms with van der Waals surface area (Å²) in [5.74, 6) is 0.611. The van der Waals surface area contributed by atoms with Gasteiger partial charge in [-0.3, -0.25) is 0 Å². The van der Waals surface area contributed by atoms with Gasteiger partial charge in [-0.2, -0.15) is 0 Å². The third-order valence-corrected chi connectivity index (χ3v) is 6.60. The molecule has 1 heterocycles. The summed E-state index contributed by atoms with van der Waals surface area (Å²) in [6.07, 6.45) is 3.06. The van der Waals surface area contributed by atoms with Crippen LogP contribution < -0.4 is 0 Å². The molecule has 0 spiro atoms. The second-order valence-electron chi connectivity index (χ2n) is 5.60. The molecule has 1 aliphatic heterocycles. The average molecular weight is 282 g/mol. The molecule has 1 aliphatic rings. The van der Waals surface area contributed by atoms with Crippen molar-refractivity contribution in [1.82, 2.24) is 4.31 Å². The minimum atomic E-state index is -3.10. The van der Waals surface area contributed by atoms with Gasteiger partial charge < -0.3 is 0 Å². The molecule has 3 nitrogen and oxygen atoms in total. The van der Waals surface area contributed by atoms with E-state index in [9.17, 15) is 8.42 Å². The van der Waals surface area contributed by atoms with Crippen LogP contribution in [0.4, 0.5) is 0 Å². The maximum absolute atomic E-state index is 12.1. The summed E-state index contributed by atoms with van der Waals surface area (Å²) in [4.78, 5) is 0. The lowest BCUT2D eigenvalue weighted by atomic mass is 9.79. The molecular formula is C12H24ClNO2S. The number of piperidine rings is 1. The molecule has 0 aromatic rings. The van der Waals surface area contributed by atoms with Crippen molar-refractivity contribution < 1.29 is 8.42 Å². The van der Waals surface area contributed by atoms with Crippen LogP contribution in [0, 0.1) is 11.3 Å². The Morgan fingerprint density at radius 1 is 1.35 bits per heavy atom. The number of hydrogen-bond donors (Lipinski definition) is 0. The molecule has 17 heavy (non-hydrogen) atoms. The molecule has 0 N–H and O–H groups in total. The minimum Gasteiger partial charge on any atom is -0.212 e. The lowest BCUT2D eigenvalue weighted by molar-refractivity contribution is 0.168. The lowest BCUT2D eigenvalue weighted by Crippen LogP contribution is -2.43. The number of sulfonamides is 1. The van der Waals surface area contributed by atoms with E-state index in [-0.39, 0.29) is 11.7 Å². The monoisotopic (exact) mass is 281 g/mol. The van der Waals surface area contributed by atoms with Crippen LogP contribution in [0.5, 0.6) is 0 Å². The van der Waals surface area contributed by atoms with Gasteiger partial charge in [0.05, 0.1) is 5.75 Å². The van der Waals surface area contributed by atoms with Gasteiger partial charge in [0.2, 0.25) is 10.0 Å². The zero-order valence-corrected chi connectivity index (χ0v) is 12.6. The molecule has 102 valence electrons. The van der Waals surface area contributed by atoms with E-state index in [2.05, 4.69) is 13.8 Å². The Bertz CT molecular complexity index is 334. The molecule has 1 unspecified atom stereocenters. The second kappa shape index (κ2) is 5.89. The highest BCUT2D eigenvalue weighted by atomic mass is 35.5. The largest absolute Gasteiger partial charge is 0.214 e. The van der Waals surface area contributed by atoms with Crippen LogP contribution in [0.15, 0.2) is 0 Å². The summed E-state index contributed by atoms with van der Waals surface area (Å²) in [7, 11) is -3.10. The van der Waals surface area contributed by atoms with E-state index in [1.165, 1.54) is 0 Å². The lowest BCUT2D eigenvalue weighted by Gasteiger charge is -2.38. The van der Waals surface area contributed by atoms with E-state index in [1.807, 2.05) is 6.92 Å². The predicted molar refractivity (Wildman–Crippen MR) is 72.9 cm³/mol. The van der Waals surface area contributed by atoms with Gasteiger partial charge in [0, 0.05) is 19.0 Å². The molecular weight excluding hydrogens is 258 g/mol. The first-order valence-corrected chi connectivity index (χ1v) is 8.51. The van der Waals surface area contributed by atoms with Crippen molar-refractivity contribution >= 4 is 21.6 Å². The third-order valence-electron chi connectivity index (χ3n) is 3.94. The van der Waals surface area contributed by atoms with Crippen molar-refractivity contribution in [2.45, 2.75) is 40.0 Å². The zero-order valence-electron chi connectivity index (χ0n) is 11.1. The molecule has 0 bridgehead atoms. The van der Waals surface area contributed by atoms with E-state index in [0.717, 1.165) is 19.3 Å². The fourth-order valence-electron chi connectivity index (χ4n) is 2.17. The van der Waals surface area contributed by atoms with Gasteiger partial charge >= 0.3 is 0 Å². The van der Waals surface area contributed by atoms with E-state index in [4.69, 9.17) is 11.6 Å². The first-order chi connectivity index (χ1) is 7.83. The standard InChI is InChI=1S/C12H24ClNO2S/c1-4-12(3)5-7-14(8-6-12)17(15,16)10-11(2)9-13/h11H,4-10H2,1-3H3. The van der Waals surface area contributed by atoms with Crippen LogP contribution >= 0.6 is 11.6 Å². The summed E-state index contributed by atoms with van der Waals surface area (Å²) < 4.78 is 25.9. The van der Waals surface area contributed by atoms with Gasteiger partial charge in [-0.15, -0.1) is 11.6 Å². The van der Waals surface area contributed by atoms with Crippen molar-refractivity contribution in [1.29, 1.82) is 0 Å². The summed E-state index contributed by atoms with van der Waals surface area (Å²) in [5.41, 5.74) is 0.324. The Balaban J connectivity index is 2.59. The topological polar surface area (TPSA) is 37.4 Å². The number of alkyl halides is 1. The smallest absolute Gasteiger partial charge is 0.212 e. The molecule has 0 aromatic heterocycles. The van der Waals surface area contributed by atoms with Gasteiger partial charge in [-0.25, -0.2) is 12.7 Å². The Labute approximate surface area is 111 Å². The maximum Gasteiger partial charge on any atom is 0.214 e. The highest BCUT2D eigenvalue weighted by Crippen LogP contribution is 2.34. The Morgan fingerprint density at radius 2 is 1.88 bits per heavy atom. The minimum absolute atomic E-state index is 0.0288. The highest BCUT2D eigenvalue weighted by Gasteiger charge is 2.33. The van der Waals surface area contributed by atoms with E-state index in [0.29, 0.717) is 24.4 Å². The molecule has 0 aliphatic carbocycles. The van der Waals surface area contributed by atoms with Gasteiger partial charge in [0.1, 0.15) is 0 Å². The number of nitrogens with zero attached hydrogens (tertiary/aromatic N) is 1. The molecule has 1 atom stereocenters. The molecule has 0 amide bonds. The van der Waals surface area contributed by atoms with Crippen LogP contribution in [0.2, 0.25) is 0 Å². The Morgan fingerprint density at radius 3 is 2.29 bits per heavy atom. The quantitative estimate of drug-likeness (QED) is 0.727. The average Bonchev–Trinajstić information content (AvgIpc) is 2.29. The maximum atomic E-state index is 12.1. The predicted octanol–water partition coefficient (Wildman–Crippen LogP) is 2.70.